The summed E-state index contributed by atoms with van der Waals surface area (Å²) >= 11 is 7.44. The van der Waals surface area contributed by atoms with Gasteiger partial charge in [0.15, 0.2) is 6.29 Å². The lowest BCUT2D eigenvalue weighted by atomic mass is 10.1. The monoisotopic (exact) mass is 210 g/mol. The van der Waals surface area contributed by atoms with Gasteiger partial charge in [-0.1, -0.05) is 23.7 Å². The highest BCUT2D eigenvalue weighted by molar-refractivity contribution is 7.21. The van der Waals surface area contributed by atoms with Crippen molar-refractivity contribution in [2.75, 3.05) is 0 Å². The maximum Gasteiger partial charge on any atom is 0.160 e. The highest BCUT2D eigenvalue weighted by Gasteiger charge is 2.08. The molecule has 0 unspecified atom stereocenters. The number of rotatable bonds is 1. The molecule has 0 radical (unpaired) electrons. The van der Waals surface area contributed by atoms with Crippen LogP contribution in [-0.2, 0) is 0 Å². The van der Waals surface area contributed by atoms with Gasteiger partial charge in [0.25, 0.3) is 0 Å². The van der Waals surface area contributed by atoms with E-state index >= 15 is 0 Å². The lowest BCUT2D eigenvalue weighted by molar-refractivity contribution is 0.112. The lowest BCUT2D eigenvalue weighted by Gasteiger charge is -1.92. The summed E-state index contributed by atoms with van der Waals surface area (Å²) in [4.78, 5) is 11.4. The Morgan fingerprint density at radius 2 is 2.23 bits per heavy atom. The van der Waals surface area contributed by atoms with Crippen LogP contribution in [-0.4, -0.2) is 6.29 Å². The molecule has 0 atom stereocenters. The first kappa shape index (κ1) is 8.73. The zero-order chi connectivity index (χ0) is 9.42. The fourth-order valence-electron chi connectivity index (χ4n) is 1.34. The Morgan fingerprint density at radius 1 is 1.46 bits per heavy atom. The van der Waals surface area contributed by atoms with Crippen molar-refractivity contribution < 1.29 is 4.79 Å². The summed E-state index contributed by atoms with van der Waals surface area (Å²) in [6.45, 7) is 1.94. The molecule has 3 heteroatoms. The molecule has 0 aliphatic heterocycles. The molecule has 0 spiro atoms. The van der Waals surface area contributed by atoms with Crippen LogP contribution in [0.3, 0.4) is 0 Å². The summed E-state index contributed by atoms with van der Waals surface area (Å²) in [5.74, 6) is 0. The fourth-order valence-corrected chi connectivity index (χ4v) is 2.66. The van der Waals surface area contributed by atoms with Crippen molar-refractivity contribution in [1.29, 1.82) is 0 Å². The van der Waals surface area contributed by atoms with Gasteiger partial charge in [0.1, 0.15) is 0 Å². The molecule has 1 aromatic carbocycles. The van der Waals surface area contributed by atoms with Crippen LogP contribution in [0.2, 0.25) is 5.02 Å². The van der Waals surface area contributed by atoms with Crippen molar-refractivity contribution in [2.45, 2.75) is 6.92 Å². The number of aryl methyl sites for hydroxylation is 1. The highest BCUT2D eigenvalue weighted by atomic mass is 35.5. The molecule has 2 aromatic rings. The summed E-state index contributed by atoms with van der Waals surface area (Å²) in [5.41, 5.74) is 1.03. The predicted molar refractivity (Wildman–Crippen MR) is 57.0 cm³/mol. The van der Waals surface area contributed by atoms with Crippen molar-refractivity contribution in [1.82, 2.24) is 0 Å². The number of hydrogen-bond donors (Lipinski definition) is 0. The largest absolute Gasteiger partial charge is 0.297 e. The summed E-state index contributed by atoms with van der Waals surface area (Å²) in [6.07, 6.45) is 0.885. The van der Waals surface area contributed by atoms with Gasteiger partial charge < -0.3 is 0 Å². The van der Waals surface area contributed by atoms with E-state index in [2.05, 4.69) is 0 Å². The smallest absolute Gasteiger partial charge is 0.160 e. The zero-order valence-corrected chi connectivity index (χ0v) is 8.58. The van der Waals surface area contributed by atoms with Crippen LogP contribution in [0.4, 0.5) is 0 Å². The Balaban J connectivity index is 2.91. The van der Waals surface area contributed by atoms with E-state index in [9.17, 15) is 4.79 Å². The van der Waals surface area contributed by atoms with Crippen LogP contribution < -0.4 is 0 Å². The third-order valence-corrected chi connectivity index (χ3v) is 3.75. The minimum Gasteiger partial charge on any atom is -0.297 e. The van der Waals surface area contributed by atoms with E-state index in [0.29, 0.717) is 0 Å². The van der Waals surface area contributed by atoms with Gasteiger partial charge in [0.05, 0.1) is 14.6 Å². The number of aldehydes is 1. The Morgan fingerprint density at radius 3 is 2.85 bits per heavy atom. The number of hydrogen-bond acceptors (Lipinski definition) is 2. The standard InChI is InChI=1S/C10H7ClOS/c1-6-7-3-2-4-8(11)10(7)13-9(6)5-12/h2-5H,1H3. The molecule has 0 aliphatic carbocycles. The topological polar surface area (TPSA) is 17.1 Å². The maximum absolute atomic E-state index is 10.7. The minimum atomic E-state index is 0.721. The Labute approximate surface area is 84.9 Å². The van der Waals surface area contributed by atoms with Crippen LogP contribution in [0.25, 0.3) is 10.1 Å². The number of carbonyl (C=O) groups is 1. The molecule has 0 fully saturated rings. The van der Waals surface area contributed by atoms with Crippen LogP contribution in [0, 0.1) is 6.92 Å². The Kier molecular flexibility index (Phi) is 2.10. The van der Waals surface area contributed by atoms with E-state index in [1.165, 1.54) is 11.3 Å². The van der Waals surface area contributed by atoms with Gasteiger partial charge in [0, 0.05) is 0 Å². The molecule has 0 saturated carbocycles. The van der Waals surface area contributed by atoms with Crippen LogP contribution in [0.5, 0.6) is 0 Å². The van der Waals surface area contributed by atoms with Crippen molar-refractivity contribution >= 4 is 39.3 Å². The number of carbonyl (C=O) groups excluding carboxylic acids is 1. The van der Waals surface area contributed by atoms with E-state index in [0.717, 1.165) is 31.8 Å². The Bertz CT molecular complexity index is 473. The molecule has 0 aliphatic rings. The first-order valence-corrected chi connectivity index (χ1v) is 5.06. The van der Waals surface area contributed by atoms with Gasteiger partial charge in [-0.05, 0) is 23.9 Å². The normalized spacial score (nSPS) is 10.6. The van der Waals surface area contributed by atoms with Crippen LogP contribution in [0.1, 0.15) is 15.2 Å². The van der Waals surface area contributed by atoms with E-state index in [-0.39, 0.29) is 0 Å². The molecule has 66 valence electrons. The van der Waals surface area contributed by atoms with Gasteiger partial charge in [-0.2, -0.15) is 0 Å². The summed E-state index contributed by atoms with van der Waals surface area (Å²) in [7, 11) is 0. The van der Waals surface area contributed by atoms with Crippen molar-refractivity contribution in [3.8, 4) is 0 Å². The first-order chi connectivity index (χ1) is 6.24. The second kappa shape index (κ2) is 3.13. The van der Waals surface area contributed by atoms with E-state index in [1.807, 2.05) is 25.1 Å². The second-order valence-corrected chi connectivity index (χ2v) is 4.29. The average Bonchev–Trinajstić information content (AvgIpc) is 2.45. The molecule has 1 heterocycles. The van der Waals surface area contributed by atoms with Crippen LogP contribution in [0.15, 0.2) is 18.2 Å². The number of thiophene rings is 1. The fraction of sp³-hybridized carbons (Fsp3) is 0.100. The summed E-state index contributed by atoms with van der Waals surface area (Å²) < 4.78 is 1.00. The Hall–Kier alpha value is -0.860. The average molecular weight is 211 g/mol. The van der Waals surface area contributed by atoms with Gasteiger partial charge in [-0.3, -0.25) is 4.79 Å². The molecule has 0 bridgehead atoms. The molecule has 1 nitrogen and oxygen atoms in total. The van der Waals surface area contributed by atoms with E-state index in [4.69, 9.17) is 11.6 Å². The lowest BCUT2D eigenvalue weighted by Crippen LogP contribution is -1.75. The molecule has 2 rings (SSSR count). The molecular formula is C10H7ClOS. The van der Waals surface area contributed by atoms with Gasteiger partial charge in [0.2, 0.25) is 0 Å². The molecule has 0 amide bonds. The third-order valence-electron chi connectivity index (χ3n) is 2.06. The molecule has 13 heavy (non-hydrogen) atoms. The SMILES string of the molecule is Cc1c(C=O)sc2c(Cl)cccc12. The molecule has 0 N–H and O–H groups in total. The zero-order valence-electron chi connectivity index (χ0n) is 7.00. The molecular weight excluding hydrogens is 204 g/mol. The molecule has 0 saturated heterocycles. The highest BCUT2D eigenvalue weighted by Crippen LogP contribution is 2.34. The maximum atomic E-state index is 10.7. The number of fused-ring (bicyclic) bond motifs is 1. The quantitative estimate of drug-likeness (QED) is 0.657. The predicted octanol–water partition coefficient (Wildman–Crippen LogP) is 3.68. The van der Waals surface area contributed by atoms with Gasteiger partial charge in [-0.15, -0.1) is 11.3 Å². The summed E-state index contributed by atoms with van der Waals surface area (Å²) in [6, 6.07) is 5.73. The first-order valence-electron chi connectivity index (χ1n) is 3.87. The number of halogens is 1. The van der Waals surface area contributed by atoms with Crippen LogP contribution >= 0.6 is 22.9 Å². The minimum absolute atomic E-state index is 0.721. The number of benzene rings is 1. The van der Waals surface area contributed by atoms with Gasteiger partial charge >= 0.3 is 0 Å². The van der Waals surface area contributed by atoms with Gasteiger partial charge in [-0.25, -0.2) is 0 Å². The van der Waals surface area contributed by atoms with Crippen molar-refractivity contribution in [3.05, 3.63) is 33.7 Å². The van der Waals surface area contributed by atoms with Crippen molar-refractivity contribution in [2.24, 2.45) is 0 Å². The second-order valence-electron chi connectivity index (χ2n) is 2.83. The van der Waals surface area contributed by atoms with Crippen molar-refractivity contribution in [3.63, 3.8) is 0 Å². The third kappa shape index (κ3) is 1.26. The van der Waals surface area contributed by atoms with E-state index < -0.39 is 0 Å². The molecule has 1 aromatic heterocycles. The van der Waals surface area contributed by atoms with E-state index in [1.54, 1.807) is 0 Å². The summed E-state index contributed by atoms with van der Waals surface area (Å²) in [5, 5.41) is 1.80.